The molecule has 0 aliphatic rings. The third-order valence-electron chi connectivity index (χ3n) is 2.74. The number of hydrogen-bond acceptors (Lipinski definition) is 4. The lowest BCUT2D eigenvalue weighted by molar-refractivity contribution is 0.601. The van der Waals surface area contributed by atoms with Gasteiger partial charge in [-0.15, -0.1) is 0 Å². The smallest absolute Gasteiger partial charge is 0.263 e. The molecule has 1 aromatic carbocycles. The molecule has 2 rings (SSSR count). The van der Waals surface area contributed by atoms with E-state index in [9.17, 15) is 8.42 Å². The van der Waals surface area contributed by atoms with Gasteiger partial charge in [0, 0.05) is 11.8 Å². The van der Waals surface area contributed by atoms with Gasteiger partial charge in [-0.2, -0.15) is 0 Å². The third kappa shape index (κ3) is 3.69. The fraction of sp³-hybridized carbons (Fsp3) is 0.0769. The van der Waals surface area contributed by atoms with Crippen molar-refractivity contribution in [2.24, 2.45) is 5.73 Å². The van der Waals surface area contributed by atoms with E-state index in [4.69, 9.17) is 29.6 Å². The second kappa shape index (κ2) is 5.97. The molecule has 110 valence electrons. The largest absolute Gasteiger partial charge is 0.389 e. The molecule has 2 aromatic rings. The molecule has 21 heavy (non-hydrogen) atoms. The number of rotatable bonds is 4. The molecule has 0 amide bonds. The van der Waals surface area contributed by atoms with Crippen LogP contribution in [0.5, 0.6) is 0 Å². The summed E-state index contributed by atoms with van der Waals surface area (Å²) in [7, 11) is -3.73. The summed E-state index contributed by atoms with van der Waals surface area (Å²) in [6.07, 6.45) is 1.36. The SMILES string of the molecule is Cc1cc(S(=O)(=O)Nc2ccc(Cl)cn2)ccc1C(N)=S. The van der Waals surface area contributed by atoms with E-state index in [0.717, 1.165) is 0 Å². The van der Waals surface area contributed by atoms with Crippen LogP contribution in [0.1, 0.15) is 11.1 Å². The molecule has 0 unspecified atom stereocenters. The second-order valence-corrected chi connectivity index (χ2v) is 6.87. The van der Waals surface area contributed by atoms with Gasteiger partial charge in [-0.3, -0.25) is 4.72 Å². The quantitative estimate of drug-likeness (QED) is 0.834. The highest BCUT2D eigenvalue weighted by Crippen LogP contribution is 2.19. The number of anilines is 1. The number of benzene rings is 1. The lowest BCUT2D eigenvalue weighted by Gasteiger charge is -2.10. The topological polar surface area (TPSA) is 85.1 Å². The van der Waals surface area contributed by atoms with Crippen molar-refractivity contribution in [2.45, 2.75) is 11.8 Å². The predicted molar refractivity (Wildman–Crippen MR) is 87.1 cm³/mol. The Balaban J connectivity index is 2.33. The Hall–Kier alpha value is -1.70. The van der Waals surface area contributed by atoms with Crippen LogP contribution in [0, 0.1) is 6.92 Å². The third-order valence-corrected chi connectivity index (χ3v) is 4.54. The first-order valence-corrected chi connectivity index (χ1v) is 8.11. The van der Waals surface area contributed by atoms with Crippen molar-refractivity contribution in [3.05, 3.63) is 52.7 Å². The van der Waals surface area contributed by atoms with Crippen LogP contribution in [0.4, 0.5) is 5.82 Å². The number of pyridine rings is 1. The van der Waals surface area contributed by atoms with Crippen molar-refractivity contribution in [3.8, 4) is 0 Å². The summed E-state index contributed by atoms with van der Waals surface area (Å²) in [6.45, 7) is 1.74. The van der Waals surface area contributed by atoms with Crippen molar-refractivity contribution < 1.29 is 8.42 Å². The van der Waals surface area contributed by atoms with Gasteiger partial charge in [0.15, 0.2) is 0 Å². The van der Waals surface area contributed by atoms with Gasteiger partial charge in [0.05, 0.1) is 9.92 Å². The highest BCUT2D eigenvalue weighted by atomic mass is 35.5. The maximum absolute atomic E-state index is 12.3. The Labute approximate surface area is 133 Å². The van der Waals surface area contributed by atoms with Gasteiger partial charge in [-0.1, -0.05) is 29.9 Å². The van der Waals surface area contributed by atoms with Gasteiger partial charge >= 0.3 is 0 Å². The van der Waals surface area contributed by atoms with E-state index in [0.29, 0.717) is 16.1 Å². The van der Waals surface area contributed by atoms with Crippen molar-refractivity contribution >= 4 is 44.6 Å². The van der Waals surface area contributed by atoms with Gasteiger partial charge in [-0.25, -0.2) is 13.4 Å². The molecule has 0 saturated carbocycles. The van der Waals surface area contributed by atoms with Crippen LogP contribution in [-0.2, 0) is 10.0 Å². The second-order valence-electron chi connectivity index (χ2n) is 4.31. The van der Waals surface area contributed by atoms with Crippen molar-refractivity contribution in [2.75, 3.05) is 4.72 Å². The zero-order valence-electron chi connectivity index (χ0n) is 11.0. The summed E-state index contributed by atoms with van der Waals surface area (Å²) in [5, 5.41) is 0.426. The van der Waals surface area contributed by atoms with Crippen LogP contribution in [0.2, 0.25) is 5.02 Å². The number of nitrogens with one attached hydrogen (secondary N) is 1. The molecule has 0 radical (unpaired) electrons. The summed E-state index contributed by atoms with van der Waals surface area (Å²) >= 11 is 10.6. The molecule has 0 aliphatic heterocycles. The first-order chi connectivity index (χ1) is 9.79. The number of hydrogen-bond donors (Lipinski definition) is 2. The number of sulfonamides is 1. The molecule has 0 bridgehead atoms. The highest BCUT2D eigenvalue weighted by molar-refractivity contribution is 7.92. The number of nitrogens with two attached hydrogens (primary N) is 1. The number of aromatic nitrogens is 1. The van der Waals surface area contributed by atoms with Crippen molar-refractivity contribution in [1.82, 2.24) is 4.98 Å². The van der Waals surface area contributed by atoms with Crippen molar-refractivity contribution in [1.29, 1.82) is 0 Å². The fourth-order valence-electron chi connectivity index (χ4n) is 1.71. The van der Waals surface area contributed by atoms with Gasteiger partial charge in [0.2, 0.25) is 0 Å². The van der Waals surface area contributed by atoms with Crippen LogP contribution in [0.15, 0.2) is 41.4 Å². The lowest BCUT2D eigenvalue weighted by Crippen LogP contribution is -2.16. The van der Waals surface area contributed by atoms with E-state index in [1.807, 2.05) is 0 Å². The monoisotopic (exact) mass is 341 g/mol. The average Bonchev–Trinajstić information content (AvgIpc) is 2.40. The summed E-state index contributed by atoms with van der Waals surface area (Å²) < 4.78 is 26.9. The lowest BCUT2D eigenvalue weighted by atomic mass is 10.1. The zero-order chi connectivity index (χ0) is 15.6. The Morgan fingerprint density at radius 1 is 1.33 bits per heavy atom. The van der Waals surface area contributed by atoms with Crippen LogP contribution < -0.4 is 10.5 Å². The Bertz CT molecular complexity index is 790. The number of halogens is 1. The Morgan fingerprint density at radius 2 is 2.05 bits per heavy atom. The minimum atomic E-state index is -3.73. The Morgan fingerprint density at radius 3 is 2.57 bits per heavy atom. The molecular weight excluding hydrogens is 330 g/mol. The van der Waals surface area contributed by atoms with E-state index >= 15 is 0 Å². The number of aryl methyl sites for hydroxylation is 1. The highest BCUT2D eigenvalue weighted by Gasteiger charge is 2.16. The normalized spacial score (nSPS) is 11.1. The number of nitrogens with zero attached hydrogens (tertiary/aromatic N) is 1. The van der Waals surface area contributed by atoms with E-state index in [2.05, 4.69) is 9.71 Å². The zero-order valence-corrected chi connectivity index (χ0v) is 13.4. The Kier molecular flexibility index (Phi) is 4.46. The summed E-state index contributed by atoms with van der Waals surface area (Å²) in [5.74, 6) is 0.190. The molecule has 0 fully saturated rings. The van der Waals surface area contributed by atoms with Gasteiger partial charge in [-0.05, 0) is 36.8 Å². The molecule has 8 heteroatoms. The van der Waals surface area contributed by atoms with Crippen LogP contribution in [0.25, 0.3) is 0 Å². The number of thiocarbonyl (C=S) groups is 1. The average molecular weight is 342 g/mol. The molecule has 0 spiro atoms. The minimum Gasteiger partial charge on any atom is -0.389 e. The summed E-state index contributed by atoms with van der Waals surface area (Å²) in [4.78, 5) is 4.23. The van der Waals surface area contributed by atoms with Crippen LogP contribution in [-0.4, -0.2) is 18.4 Å². The summed E-state index contributed by atoms with van der Waals surface area (Å²) in [5.41, 5.74) is 6.89. The van der Waals surface area contributed by atoms with Crippen LogP contribution >= 0.6 is 23.8 Å². The maximum atomic E-state index is 12.3. The van der Waals surface area contributed by atoms with E-state index in [1.54, 1.807) is 19.1 Å². The first kappa shape index (κ1) is 15.7. The van der Waals surface area contributed by atoms with Gasteiger partial charge in [0.25, 0.3) is 10.0 Å². The minimum absolute atomic E-state index is 0.108. The van der Waals surface area contributed by atoms with Crippen molar-refractivity contribution in [3.63, 3.8) is 0 Å². The van der Waals surface area contributed by atoms with Crippen LogP contribution in [0.3, 0.4) is 0 Å². The fourth-order valence-corrected chi connectivity index (χ4v) is 3.15. The van der Waals surface area contributed by atoms with Gasteiger partial charge < -0.3 is 5.73 Å². The van der Waals surface area contributed by atoms with Gasteiger partial charge in [0.1, 0.15) is 10.8 Å². The van der Waals surface area contributed by atoms with E-state index in [-0.39, 0.29) is 15.7 Å². The predicted octanol–water partition coefficient (Wildman–Crippen LogP) is 2.48. The molecule has 5 nitrogen and oxygen atoms in total. The molecular formula is C13H12ClN3O2S2. The molecule has 0 aliphatic carbocycles. The van der Waals surface area contributed by atoms with E-state index in [1.165, 1.54) is 24.4 Å². The molecule has 0 atom stereocenters. The maximum Gasteiger partial charge on any atom is 0.263 e. The first-order valence-electron chi connectivity index (χ1n) is 5.84. The molecule has 1 heterocycles. The molecule has 3 N–H and O–H groups in total. The molecule has 1 aromatic heterocycles. The van der Waals surface area contributed by atoms with E-state index < -0.39 is 10.0 Å². The molecule has 0 saturated heterocycles. The summed E-state index contributed by atoms with van der Waals surface area (Å²) in [6, 6.07) is 7.57. The standard InChI is InChI=1S/C13H12ClN3O2S2/c1-8-6-10(3-4-11(8)13(15)20)21(18,19)17-12-5-2-9(14)7-16-12/h2-7H,1H3,(H2,15,20)(H,16,17).